The summed E-state index contributed by atoms with van der Waals surface area (Å²) >= 11 is 0. The summed E-state index contributed by atoms with van der Waals surface area (Å²) in [5, 5.41) is 12.6. The van der Waals surface area contributed by atoms with Crippen molar-refractivity contribution < 1.29 is 27.5 Å². The number of phenolic OH excluding ortho intramolecular Hbond substituents is 1. The van der Waals surface area contributed by atoms with Gasteiger partial charge in [-0.15, -0.1) is 29.3 Å². The first-order valence-corrected chi connectivity index (χ1v) is 23.0. The SMILES string of the molecule is [2H]C(C)(C)c1ccc(-n2c(-c3cc(C(C)(C)C)cc(C(C)(C)C)c3O)nc3c(-c4[c-]c(-c5cc(-c6ccccc6)ccn5)cc(C(C)(C)C)c4)cccc32)c(-c2ccc(C(C)(C)C)cc2)c1.[Pt]. The largest absolute Gasteiger partial charge is 0.507 e. The molecular formula is C61H66N3OPt-. The number of imidazole rings is 1. The Labute approximate surface area is 410 Å². The van der Waals surface area contributed by atoms with Crippen molar-refractivity contribution in [1.29, 1.82) is 0 Å². The van der Waals surface area contributed by atoms with Gasteiger partial charge < -0.3 is 5.11 Å². The van der Waals surface area contributed by atoms with Crippen molar-refractivity contribution in [1.82, 2.24) is 14.5 Å². The molecule has 8 aromatic rings. The van der Waals surface area contributed by atoms with E-state index >= 15 is 0 Å². The van der Waals surface area contributed by atoms with Crippen molar-refractivity contribution >= 4 is 11.0 Å². The van der Waals surface area contributed by atoms with Gasteiger partial charge in [0.15, 0.2) is 0 Å². The first kappa shape index (κ1) is 46.9. The molecule has 4 nitrogen and oxygen atoms in total. The van der Waals surface area contributed by atoms with Crippen LogP contribution in [0.25, 0.3) is 72.7 Å². The number of pyridine rings is 1. The maximum Gasteiger partial charge on any atom is 0.148 e. The van der Waals surface area contributed by atoms with Crippen LogP contribution in [0.4, 0.5) is 0 Å². The second-order valence-electron chi connectivity index (χ2n) is 22.2. The maximum absolute atomic E-state index is 12.6. The second kappa shape index (κ2) is 17.9. The smallest absolute Gasteiger partial charge is 0.148 e. The third-order valence-electron chi connectivity index (χ3n) is 12.8. The minimum atomic E-state index is -0.840. The van der Waals surface area contributed by atoms with E-state index in [2.05, 4.69) is 215 Å². The number of benzene rings is 6. The van der Waals surface area contributed by atoms with E-state index < -0.39 is 5.89 Å². The van der Waals surface area contributed by atoms with E-state index in [1.165, 1.54) is 5.56 Å². The average molecular weight is 1050 g/mol. The standard InChI is InChI=1S/C61H66N3O.Pt/c1-38(2)41-25-28-53(49(34-41)40-23-26-45(27-24-40)58(3,4)5)64-54-22-18-21-48(55(54)63-57(64)50-36-47(60(9,10)11)37-51(56(50)65)61(12,13)14)43-31-44(33-46(32-43)59(6,7)8)52-35-42(29-30-62-52)39-19-16-15-17-20-39;/h15-30,32-38,65H,1-14H3;/q-1;/i38D;. The minimum absolute atomic E-state index is 0. The monoisotopic (exact) mass is 1050 g/mol. The molecule has 0 bridgehead atoms. The summed E-state index contributed by atoms with van der Waals surface area (Å²) in [7, 11) is 0. The number of aromatic nitrogens is 3. The molecule has 0 aliphatic rings. The summed E-state index contributed by atoms with van der Waals surface area (Å²) in [5.41, 5.74) is 15.7. The van der Waals surface area contributed by atoms with Crippen LogP contribution in [0, 0.1) is 6.07 Å². The fourth-order valence-electron chi connectivity index (χ4n) is 8.65. The predicted octanol–water partition coefficient (Wildman–Crippen LogP) is 16.6. The summed E-state index contributed by atoms with van der Waals surface area (Å²) < 4.78 is 11.4. The van der Waals surface area contributed by atoms with Gasteiger partial charge in [-0.3, -0.25) is 9.55 Å². The molecule has 0 amide bonds. The van der Waals surface area contributed by atoms with Crippen LogP contribution in [0.15, 0.2) is 134 Å². The Hall–Kier alpha value is -5.57. The van der Waals surface area contributed by atoms with Gasteiger partial charge in [0, 0.05) is 45.5 Å². The van der Waals surface area contributed by atoms with Gasteiger partial charge in [-0.2, -0.15) is 0 Å². The molecule has 6 aromatic carbocycles. The molecule has 0 atom stereocenters. The Bertz CT molecular complexity index is 3090. The molecular weight excluding hydrogens is 986 g/mol. The molecule has 8 rings (SSSR count). The van der Waals surface area contributed by atoms with Crippen molar-refractivity contribution in [3.63, 3.8) is 0 Å². The summed E-state index contributed by atoms with van der Waals surface area (Å²) in [6.07, 6.45) is 1.88. The fourth-order valence-corrected chi connectivity index (χ4v) is 8.65. The van der Waals surface area contributed by atoms with Crippen molar-refractivity contribution in [3.05, 3.63) is 167 Å². The molecule has 2 heterocycles. The maximum atomic E-state index is 12.6. The Kier molecular flexibility index (Phi) is 12.7. The normalized spacial score (nSPS) is 12.8. The van der Waals surface area contributed by atoms with Gasteiger partial charge in [0.25, 0.3) is 0 Å². The number of nitrogens with zero attached hydrogens (tertiary/aromatic N) is 3. The van der Waals surface area contributed by atoms with E-state index in [1.54, 1.807) is 0 Å². The number of hydrogen-bond donors (Lipinski definition) is 1. The van der Waals surface area contributed by atoms with Crippen molar-refractivity contribution in [3.8, 4) is 67.5 Å². The van der Waals surface area contributed by atoms with E-state index in [0.717, 1.165) is 83.6 Å². The second-order valence-corrected chi connectivity index (χ2v) is 22.2. The number of rotatable bonds is 7. The van der Waals surface area contributed by atoms with E-state index in [-0.39, 0.29) is 48.5 Å². The third kappa shape index (κ3) is 9.63. The Morgan fingerprint density at radius 1 is 0.561 bits per heavy atom. The molecule has 66 heavy (non-hydrogen) atoms. The van der Waals surface area contributed by atoms with Gasteiger partial charge in [-0.05, 0) is 91.3 Å². The van der Waals surface area contributed by atoms with Crippen LogP contribution in [0.3, 0.4) is 0 Å². The molecule has 0 unspecified atom stereocenters. The zero-order valence-electron chi connectivity index (χ0n) is 42.3. The van der Waals surface area contributed by atoms with Crippen molar-refractivity contribution in [2.45, 2.75) is 124 Å². The fraction of sp³-hybridized carbons (Fsp3) is 0.311. The van der Waals surface area contributed by atoms with Crippen LogP contribution < -0.4 is 0 Å². The average Bonchev–Trinajstić information content (AvgIpc) is 3.64. The van der Waals surface area contributed by atoms with E-state index in [1.807, 2.05) is 26.1 Å². The van der Waals surface area contributed by atoms with Gasteiger partial charge in [0.2, 0.25) is 0 Å². The summed E-state index contributed by atoms with van der Waals surface area (Å²) in [4.78, 5) is 10.6. The molecule has 0 radical (unpaired) electrons. The van der Waals surface area contributed by atoms with Crippen LogP contribution in [0.2, 0.25) is 0 Å². The van der Waals surface area contributed by atoms with Crippen LogP contribution in [0.5, 0.6) is 5.75 Å². The minimum Gasteiger partial charge on any atom is -0.507 e. The van der Waals surface area contributed by atoms with Crippen molar-refractivity contribution in [2.75, 3.05) is 0 Å². The van der Waals surface area contributed by atoms with E-state index in [4.69, 9.17) is 11.3 Å². The topological polar surface area (TPSA) is 50.9 Å². The molecule has 5 heteroatoms. The third-order valence-corrected chi connectivity index (χ3v) is 12.8. The van der Waals surface area contributed by atoms with Crippen molar-refractivity contribution in [2.24, 2.45) is 0 Å². The van der Waals surface area contributed by atoms with Crippen LogP contribution >= 0.6 is 0 Å². The van der Waals surface area contributed by atoms with Gasteiger partial charge in [-0.1, -0.05) is 193 Å². The van der Waals surface area contributed by atoms with Gasteiger partial charge in [-0.25, -0.2) is 4.98 Å². The molecule has 0 saturated heterocycles. The predicted molar refractivity (Wildman–Crippen MR) is 275 cm³/mol. The molecule has 0 saturated carbocycles. The van der Waals surface area contributed by atoms with Crippen LogP contribution in [0.1, 0.15) is 132 Å². The van der Waals surface area contributed by atoms with Crippen LogP contribution in [-0.4, -0.2) is 19.6 Å². The number of fused-ring (bicyclic) bond motifs is 1. The Balaban J connectivity index is 0.00000666. The number of hydrogen-bond acceptors (Lipinski definition) is 3. The van der Waals surface area contributed by atoms with Gasteiger partial charge in [0.05, 0.1) is 22.3 Å². The van der Waals surface area contributed by atoms with Crippen LogP contribution in [-0.2, 0) is 42.7 Å². The zero-order valence-corrected chi connectivity index (χ0v) is 43.6. The molecule has 1 N–H and O–H groups in total. The van der Waals surface area contributed by atoms with E-state index in [0.29, 0.717) is 11.4 Å². The molecule has 2 aromatic heterocycles. The molecule has 0 spiro atoms. The number of aromatic hydroxyl groups is 1. The quantitative estimate of drug-likeness (QED) is 0.162. The Morgan fingerprint density at radius 2 is 1.20 bits per heavy atom. The molecule has 342 valence electrons. The number of phenols is 1. The molecule has 0 aliphatic heterocycles. The molecule has 0 fully saturated rings. The Morgan fingerprint density at radius 3 is 1.82 bits per heavy atom. The molecule has 0 aliphatic carbocycles. The van der Waals surface area contributed by atoms with Gasteiger partial charge >= 0.3 is 0 Å². The van der Waals surface area contributed by atoms with E-state index in [9.17, 15) is 5.11 Å². The number of para-hydroxylation sites is 1. The first-order chi connectivity index (χ1) is 30.8. The van der Waals surface area contributed by atoms with Gasteiger partial charge in [0.1, 0.15) is 11.6 Å². The zero-order chi connectivity index (χ0) is 47.7. The summed E-state index contributed by atoms with van der Waals surface area (Å²) in [5.74, 6) is 0.0242. The first-order valence-electron chi connectivity index (χ1n) is 23.5. The summed E-state index contributed by atoms with van der Waals surface area (Å²) in [6, 6.07) is 48.9. The summed E-state index contributed by atoms with van der Waals surface area (Å²) in [6.45, 7) is 30.4.